The molecule has 0 saturated heterocycles. The van der Waals surface area contributed by atoms with Crippen molar-refractivity contribution in [3.63, 3.8) is 0 Å². The van der Waals surface area contributed by atoms with Crippen molar-refractivity contribution in [3.8, 4) is 0 Å². The van der Waals surface area contributed by atoms with E-state index in [4.69, 9.17) is 5.21 Å². The molecule has 0 unspecified atom stereocenters. The Morgan fingerprint density at radius 3 is 2.89 bits per heavy atom. The largest absolute Gasteiger partial charge is 0.411 e. The molecule has 0 saturated carbocycles. The topological polar surface area (TPSA) is 45.5 Å². The summed E-state index contributed by atoms with van der Waals surface area (Å²) in [6.45, 7) is 0. The quantitative estimate of drug-likeness (QED) is 0.504. The van der Waals surface area contributed by atoms with Gasteiger partial charge in [-0.2, -0.15) is 0 Å². The molecule has 0 fully saturated rings. The van der Waals surface area contributed by atoms with Gasteiger partial charge in [0.05, 0.1) is 17.3 Å². The van der Waals surface area contributed by atoms with Crippen molar-refractivity contribution in [2.45, 2.75) is 11.8 Å². The summed E-state index contributed by atoms with van der Waals surface area (Å²) in [6, 6.07) is 10.1. The second kappa shape index (κ2) is 4.69. The van der Waals surface area contributed by atoms with Gasteiger partial charge in [-0.25, -0.2) is 0 Å². The Morgan fingerprint density at radius 2 is 2.11 bits per heavy atom. The Kier molecular flexibility index (Phi) is 2.88. The molecule has 3 nitrogen and oxygen atoms in total. The highest BCUT2D eigenvalue weighted by Gasteiger charge is 2.31. The summed E-state index contributed by atoms with van der Waals surface area (Å²) in [5.74, 6) is 0. The van der Waals surface area contributed by atoms with Gasteiger partial charge in [-0.1, -0.05) is 48.6 Å². The summed E-state index contributed by atoms with van der Waals surface area (Å²) in [6.07, 6.45) is 12.2. The molecule has 0 amide bonds. The maximum Gasteiger partial charge on any atom is 0.0734 e. The number of nitrogens with zero attached hydrogens (tertiary/aromatic N) is 2. The fourth-order valence-electron chi connectivity index (χ4n) is 2.56. The number of rotatable bonds is 2. The van der Waals surface area contributed by atoms with E-state index in [-0.39, 0.29) is 0 Å². The first-order valence-corrected chi connectivity index (χ1v) is 6.23. The minimum atomic E-state index is -0.468. The number of aromatic nitrogens is 1. The number of fused-ring (bicyclic) bond motifs is 1. The smallest absolute Gasteiger partial charge is 0.0734 e. The first-order chi connectivity index (χ1) is 9.36. The molecule has 0 spiro atoms. The molecule has 1 atom stereocenters. The monoisotopic (exact) mass is 250 g/mol. The van der Waals surface area contributed by atoms with Crippen LogP contribution in [-0.4, -0.2) is 16.4 Å². The number of pyridine rings is 1. The van der Waals surface area contributed by atoms with Gasteiger partial charge >= 0.3 is 0 Å². The summed E-state index contributed by atoms with van der Waals surface area (Å²) >= 11 is 0. The standard InChI is InChI=1S/C16H14N2O/c19-18-12-16(9-4-1-5-10-16)15-14-7-3-2-6-13(14)8-11-17-15/h1-9,11-12,19H,10H2/b18-12-/t16-/m0/s1. The van der Waals surface area contributed by atoms with E-state index in [0.29, 0.717) is 0 Å². The highest BCUT2D eigenvalue weighted by Crippen LogP contribution is 2.34. The second-order valence-electron chi connectivity index (χ2n) is 4.66. The van der Waals surface area contributed by atoms with Crippen LogP contribution in [0.2, 0.25) is 0 Å². The molecule has 0 aliphatic heterocycles. The van der Waals surface area contributed by atoms with Crippen LogP contribution in [0.15, 0.2) is 66.0 Å². The molecular weight excluding hydrogens is 236 g/mol. The minimum absolute atomic E-state index is 0.468. The van der Waals surface area contributed by atoms with E-state index in [1.54, 1.807) is 12.4 Å². The van der Waals surface area contributed by atoms with E-state index in [2.05, 4.69) is 28.3 Å². The van der Waals surface area contributed by atoms with E-state index in [1.807, 2.05) is 36.4 Å². The van der Waals surface area contributed by atoms with Crippen molar-refractivity contribution >= 4 is 17.0 Å². The molecule has 1 aromatic heterocycles. The molecule has 1 aliphatic rings. The normalized spacial score (nSPS) is 22.3. The highest BCUT2D eigenvalue weighted by molar-refractivity contribution is 5.90. The molecule has 1 aromatic carbocycles. The van der Waals surface area contributed by atoms with E-state index >= 15 is 0 Å². The molecule has 94 valence electrons. The maximum absolute atomic E-state index is 9.00. The van der Waals surface area contributed by atoms with Crippen molar-refractivity contribution < 1.29 is 5.21 Å². The lowest BCUT2D eigenvalue weighted by atomic mass is 9.78. The Bertz CT molecular complexity index is 683. The zero-order valence-electron chi connectivity index (χ0n) is 10.4. The third-order valence-corrected chi connectivity index (χ3v) is 3.50. The molecule has 1 heterocycles. The Balaban J connectivity index is 2.27. The van der Waals surface area contributed by atoms with Crippen molar-refractivity contribution in [2.24, 2.45) is 5.16 Å². The molecule has 2 aromatic rings. The molecule has 19 heavy (non-hydrogen) atoms. The van der Waals surface area contributed by atoms with Gasteiger partial charge in [-0.15, -0.1) is 5.16 Å². The van der Waals surface area contributed by atoms with Crippen LogP contribution in [0.3, 0.4) is 0 Å². The van der Waals surface area contributed by atoms with Crippen LogP contribution >= 0.6 is 0 Å². The summed E-state index contributed by atoms with van der Waals surface area (Å²) in [5, 5.41) is 14.5. The molecule has 3 heteroatoms. The number of benzene rings is 1. The van der Waals surface area contributed by atoms with Gasteiger partial charge in [0.25, 0.3) is 0 Å². The maximum atomic E-state index is 9.00. The number of hydrogen-bond acceptors (Lipinski definition) is 3. The Labute approximate surface area is 111 Å². The lowest BCUT2D eigenvalue weighted by Crippen LogP contribution is -2.27. The number of hydrogen-bond donors (Lipinski definition) is 1. The Morgan fingerprint density at radius 1 is 1.21 bits per heavy atom. The zero-order chi connectivity index (χ0) is 13.1. The van der Waals surface area contributed by atoms with Crippen LogP contribution in [0.4, 0.5) is 0 Å². The molecule has 0 radical (unpaired) electrons. The van der Waals surface area contributed by atoms with Crippen molar-refractivity contribution in [3.05, 3.63) is 66.5 Å². The van der Waals surface area contributed by atoms with Gasteiger partial charge in [-0.3, -0.25) is 4.98 Å². The van der Waals surface area contributed by atoms with Crippen LogP contribution in [0.1, 0.15) is 12.1 Å². The first-order valence-electron chi connectivity index (χ1n) is 6.23. The van der Waals surface area contributed by atoms with E-state index in [1.165, 1.54) is 0 Å². The lowest BCUT2D eigenvalue weighted by molar-refractivity contribution is 0.318. The van der Waals surface area contributed by atoms with Crippen molar-refractivity contribution in [1.29, 1.82) is 0 Å². The van der Waals surface area contributed by atoms with Gasteiger partial charge in [0.2, 0.25) is 0 Å². The number of allylic oxidation sites excluding steroid dienone is 4. The highest BCUT2D eigenvalue weighted by atomic mass is 16.4. The van der Waals surface area contributed by atoms with Crippen LogP contribution in [0, 0.1) is 0 Å². The lowest BCUT2D eigenvalue weighted by Gasteiger charge is -2.27. The van der Waals surface area contributed by atoms with Crippen molar-refractivity contribution in [2.75, 3.05) is 0 Å². The Hall–Kier alpha value is -2.42. The van der Waals surface area contributed by atoms with E-state index in [0.717, 1.165) is 22.9 Å². The number of oxime groups is 1. The van der Waals surface area contributed by atoms with Crippen molar-refractivity contribution in [1.82, 2.24) is 4.98 Å². The molecule has 1 N–H and O–H groups in total. The average molecular weight is 250 g/mol. The fourth-order valence-corrected chi connectivity index (χ4v) is 2.56. The second-order valence-corrected chi connectivity index (χ2v) is 4.66. The third kappa shape index (κ3) is 1.93. The van der Waals surface area contributed by atoms with Gasteiger partial charge in [0.1, 0.15) is 0 Å². The predicted molar refractivity (Wildman–Crippen MR) is 76.6 cm³/mol. The molecule has 0 bridgehead atoms. The first kappa shape index (κ1) is 11.7. The molecular formula is C16H14N2O. The zero-order valence-corrected chi connectivity index (χ0v) is 10.4. The predicted octanol–water partition coefficient (Wildman–Crippen LogP) is 3.45. The van der Waals surface area contributed by atoms with Gasteiger partial charge in [0, 0.05) is 11.6 Å². The van der Waals surface area contributed by atoms with Gasteiger partial charge in [-0.05, 0) is 17.9 Å². The molecule has 3 rings (SSSR count). The summed E-state index contributed by atoms with van der Waals surface area (Å²) in [5.41, 5.74) is 0.452. The SMILES string of the molecule is O/N=C\[C@]1(c2nccc3ccccc23)C=CC=CC1. The average Bonchev–Trinajstić information content (AvgIpc) is 2.48. The van der Waals surface area contributed by atoms with Crippen LogP contribution < -0.4 is 0 Å². The van der Waals surface area contributed by atoms with E-state index in [9.17, 15) is 0 Å². The summed E-state index contributed by atoms with van der Waals surface area (Å²) in [7, 11) is 0. The van der Waals surface area contributed by atoms with Crippen LogP contribution in [0.25, 0.3) is 10.8 Å². The molecule has 1 aliphatic carbocycles. The van der Waals surface area contributed by atoms with Crippen LogP contribution in [0.5, 0.6) is 0 Å². The van der Waals surface area contributed by atoms with Crippen LogP contribution in [-0.2, 0) is 5.41 Å². The van der Waals surface area contributed by atoms with Gasteiger partial charge in [0.15, 0.2) is 0 Å². The third-order valence-electron chi connectivity index (χ3n) is 3.50. The summed E-state index contributed by atoms with van der Waals surface area (Å²) in [4.78, 5) is 4.53. The minimum Gasteiger partial charge on any atom is -0.411 e. The summed E-state index contributed by atoms with van der Waals surface area (Å²) < 4.78 is 0. The van der Waals surface area contributed by atoms with E-state index < -0.39 is 5.41 Å². The fraction of sp³-hybridized carbons (Fsp3) is 0.125. The van der Waals surface area contributed by atoms with Gasteiger partial charge < -0.3 is 5.21 Å².